The third-order valence-electron chi connectivity index (χ3n) is 2.50. The summed E-state index contributed by atoms with van der Waals surface area (Å²) in [4.78, 5) is 0. The first kappa shape index (κ1) is 16.9. The van der Waals surface area contributed by atoms with Gasteiger partial charge in [-0.1, -0.05) is 36.5 Å². The van der Waals surface area contributed by atoms with Crippen LogP contribution in [0.4, 0.5) is 0 Å². The molecule has 0 bridgehead atoms. The van der Waals surface area contributed by atoms with Crippen LogP contribution in [0.3, 0.4) is 0 Å². The van der Waals surface area contributed by atoms with Crippen molar-refractivity contribution >= 4 is 42.9 Å². The van der Waals surface area contributed by atoms with E-state index in [4.69, 9.17) is 38.6 Å². The van der Waals surface area contributed by atoms with Crippen LogP contribution in [-0.2, 0) is 9.05 Å². The molecule has 1 aromatic carbocycles. The van der Waals surface area contributed by atoms with Crippen molar-refractivity contribution in [1.29, 1.82) is 0 Å². The summed E-state index contributed by atoms with van der Waals surface area (Å²) >= 11 is 11.8. The summed E-state index contributed by atoms with van der Waals surface area (Å²) in [5.41, 5.74) is 0. The molecule has 1 rings (SSSR count). The quantitative estimate of drug-likeness (QED) is 0.690. The number of hydrogen-bond acceptors (Lipinski definition) is 3. The van der Waals surface area contributed by atoms with Gasteiger partial charge in [-0.15, -0.1) is 0 Å². The van der Waals surface area contributed by atoms with Gasteiger partial charge in [-0.3, -0.25) is 0 Å². The molecule has 0 heterocycles. The van der Waals surface area contributed by atoms with Crippen LogP contribution < -0.4 is 4.74 Å². The highest BCUT2D eigenvalue weighted by molar-refractivity contribution is 8.13. The molecule has 0 fully saturated rings. The molecule has 1 unspecified atom stereocenters. The van der Waals surface area contributed by atoms with Crippen LogP contribution >= 0.6 is 33.9 Å². The Balaban J connectivity index is 2.68. The molecule has 1 atom stereocenters. The lowest BCUT2D eigenvalue weighted by Crippen LogP contribution is -2.19. The molecule has 0 aromatic heterocycles. The fourth-order valence-electron chi connectivity index (χ4n) is 1.70. The predicted molar refractivity (Wildman–Crippen MR) is 80.0 cm³/mol. The molecule has 0 aliphatic carbocycles. The lowest BCUT2D eigenvalue weighted by atomic mass is 10.1. The fourth-order valence-corrected chi connectivity index (χ4v) is 3.39. The second-order valence-corrected chi connectivity index (χ2v) is 7.91. The van der Waals surface area contributed by atoms with Gasteiger partial charge in [0.2, 0.25) is 9.05 Å². The molecule has 0 N–H and O–H groups in total. The number of hydrogen-bond donors (Lipinski definition) is 0. The smallest absolute Gasteiger partial charge is 0.232 e. The van der Waals surface area contributed by atoms with Gasteiger partial charge in [-0.05, 0) is 18.6 Å². The minimum absolute atomic E-state index is 0.111. The molecule has 0 saturated carbocycles. The maximum Gasteiger partial charge on any atom is 0.232 e. The summed E-state index contributed by atoms with van der Waals surface area (Å²) in [7, 11) is 1.74. The second-order valence-electron chi connectivity index (χ2n) is 4.25. The van der Waals surface area contributed by atoms with Gasteiger partial charge >= 0.3 is 0 Å². The number of benzene rings is 1. The average molecular weight is 346 g/mol. The molecule has 108 valence electrons. The van der Waals surface area contributed by atoms with Crippen molar-refractivity contribution < 1.29 is 13.2 Å². The molecule has 7 heteroatoms. The third-order valence-corrected chi connectivity index (χ3v) is 4.29. The van der Waals surface area contributed by atoms with E-state index in [9.17, 15) is 8.42 Å². The maximum absolute atomic E-state index is 11.1. The van der Waals surface area contributed by atoms with Gasteiger partial charge in [0.05, 0.1) is 17.4 Å². The number of rotatable bonds is 7. The summed E-state index contributed by atoms with van der Waals surface area (Å²) in [6, 6.07) is 4.89. The van der Waals surface area contributed by atoms with E-state index in [0.29, 0.717) is 22.2 Å². The van der Waals surface area contributed by atoms with E-state index in [1.807, 2.05) is 6.92 Å². The Morgan fingerprint density at radius 1 is 1.32 bits per heavy atom. The molecule has 1 aromatic rings. The highest BCUT2D eigenvalue weighted by Crippen LogP contribution is 2.28. The lowest BCUT2D eigenvalue weighted by Gasteiger charge is -2.16. The Morgan fingerprint density at radius 2 is 2.00 bits per heavy atom. The molecular weight excluding hydrogens is 331 g/mol. The van der Waals surface area contributed by atoms with E-state index in [1.165, 1.54) is 0 Å². The minimum atomic E-state index is -3.54. The second kappa shape index (κ2) is 7.58. The van der Waals surface area contributed by atoms with Crippen LogP contribution in [0, 0.1) is 5.92 Å². The van der Waals surface area contributed by atoms with Gasteiger partial charge in [0.1, 0.15) is 5.75 Å². The van der Waals surface area contributed by atoms with Crippen LogP contribution in [0.15, 0.2) is 18.2 Å². The summed E-state index contributed by atoms with van der Waals surface area (Å²) in [5, 5.41) is 0.949. The molecule has 0 amide bonds. The van der Waals surface area contributed by atoms with Gasteiger partial charge in [-0.2, -0.15) is 0 Å². The Labute approximate surface area is 128 Å². The van der Waals surface area contributed by atoms with Crippen LogP contribution in [-0.4, -0.2) is 20.8 Å². The molecule has 19 heavy (non-hydrogen) atoms. The van der Waals surface area contributed by atoms with E-state index in [1.54, 1.807) is 18.2 Å². The standard InChI is InChI=1S/C12H15Cl3O3S/c1-2-3-9(8-19(15,16)17)7-18-12-6-10(13)4-5-11(12)14/h4-6,9H,2-3,7-8H2,1H3. The van der Waals surface area contributed by atoms with Crippen LogP contribution in [0.2, 0.25) is 10.0 Å². The van der Waals surface area contributed by atoms with Crippen LogP contribution in [0.25, 0.3) is 0 Å². The van der Waals surface area contributed by atoms with Crippen molar-refractivity contribution in [2.45, 2.75) is 19.8 Å². The van der Waals surface area contributed by atoms with E-state index in [-0.39, 0.29) is 18.3 Å². The number of halogens is 3. The molecule has 0 radical (unpaired) electrons. The molecular formula is C12H15Cl3O3S. The molecule has 3 nitrogen and oxygen atoms in total. The van der Waals surface area contributed by atoms with Crippen molar-refractivity contribution in [2.75, 3.05) is 12.4 Å². The normalized spacial score (nSPS) is 13.3. The number of ether oxygens (including phenoxy) is 1. The molecule has 0 aliphatic heterocycles. The Hall–Kier alpha value is -0.160. The maximum atomic E-state index is 11.1. The monoisotopic (exact) mass is 344 g/mol. The zero-order valence-corrected chi connectivity index (χ0v) is 13.5. The van der Waals surface area contributed by atoms with Crippen LogP contribution in [0.1, 0.15) is 19.8 Å². The van der Waals surface area contributed by atoms with Crippen molar-refractivity contribution in [1.82, 2.24) is 0 Å². The van der Waals surface area contributed by atoms with E-state index in [0.717, 1.165) is 6.42 Å². The van der Waals surface area contributed by atoms with Crippen LogP contribution in [0.5, 0.6) is 5.75 Å². The van der Waals surface area contributed by atoms with E-state index < -0.39 is 9.05 Å². The fraction of sp³-hybridized carbons (Fsp3) is 0.500. The SMILES string of the molecule is CCCC(COc1cc(Cl)ccc1Cl)CS(=O)(=O)Cl. The van der Waals surface area contributed by atoms with Crippen molar-refractivity contribution in [3.05, 3.63) is 28.2 Å². The lowest BCUT2D eigenvalue weighted by molar-refractivity contribution is 0.253. The van der Waals surface area contributed by atoms with Crippen molar-refractivity contribution in [3.8, 4) is 5.75 Å². The average Bonchev–Trinajstić information content (AvgIpc) is 2.28. The molecule has 0 aliphatic rings. The summed E-state index contributed by atoms with van der Waals surface area (Å²) in [6.45, 7) is 2.21. The van der Waals surface area contributed by atoms with Crippen molar-refractivity contribution in [2.24, 2.45) is 5.92 Å². The highest BCUT2D eigenvalue weighted by Gasteiger charge is 2.17. The van der Waals surface area contributed by atoms with Crippen molar-refractivity contribution in [3.63, 3.8) is 0 Å². The highest BCUT2D eigenvalue weighted by atomic mass is 35.7. The van der Waals surface area contributed by atoms with Gasteiger partial charge in [0, 0.05) is 27.7 Å². The Kier molecular flexibility index (Phi) is 6.74. The van der Waals surface area contributed by atoms with Gasteiger partial charge < -0.3 is 4.74 Å². The molecule has 0 saturated heterocycles. The molecule has 0 spiro atoms. The zero-order valence-electron chi connectivity index (χ0n) is 10.4. The Bertz CT molecular complexity index is 517. The van der Waals surface area contributed by atoms with Gasteiger partial charge in [0.15, 0.2) is 0 Å². The zero-order chi connectivity index (χ0) is 14.5. The first-order valence-corrected chi connectivity index (χ1v) is 9.05. The first-order valence-electron chi connectivity index (χ1n) is 5.82. The topological polar surface area (TPSA) is 43.4 Å². The minimum Gasteiger partial charge on any atom is -0.492 e. The van der Waals surface area contributed by atoms with Gasteiger partial charge in [-0.25, -0.2) is 8.42 Å². The summed E-state index contributed by atoms with van der Waals surface area (Å²) in [5.74, 6) is 0.172. The van der Waals surface area contributed by atoms with E-state index in [2.05, 4.69) is 0 Å². The summed E-state index contributed by atoms with van der Waals surface area (Å²) < 4.78 is 27.8. The Morgan fingerprint density at radius 3 is 2.58 bits per heavy atom. The first-order chi connectivity index (χ1) is 8.81. The third kappa shape index (κ3) is 6.70. The van der Waals surface area contributed by atoms with E-state index >= 15 is 0 Å². The summed E-state index contributed by atoms with van der Waals surface area (Å²) in [6.07, 6.45) is 1.56. The predicted octanol–water partition coefficient (Wildman–Crippen LogP) is 4.36. The largest absolute Gasteiger partial charge is 0.492 e. The van der Waals surface area contributed by atoms with Gasteiger partial charge in [0.25, 0.3) is 0 Å².